The summed E-state index contributed by atoms with van der Waals surface area (Å²) in [6.07, 6.45) is 0.243. The molecule has 0 amide bonds. The normalized spacial score (nSPS) is 14.7. The molecule has 1 heterocycles. The van der Waals surface area contributed by atoms with Gasteiger partial charge in [0, 0.05) is 0 Å². The van der Waals surface area contributed by atoms with Crippen LogP contribution in [-0.2, 0) is 9.47 Å². The molecular weight excluding hydrogens is 270 g/mol. The third-order valence-electron chi connectivity index (χ3n) is 3.21. The minimum absolute atomic E-state index is 0.142. The first-order valence-electron chi connectivity index (χ1n) is 7.53. The van der Waals surface area contributed by atoms with Crippen LogP contribution in [0.5, 0.6) is 11.5 Å². The average Bonchev–Trinajstić information content (AvgIpc) is 2.92. The fraction of sp³-hybridized carbons (Fsp3) is 0.625. The van der Waals surface area contributed by atoms with Crippen molar-refractivity contribution in [2.24, 2.45) is 0 Å². The summed E-state index contributed by atoms with van der Waals surface area (Å²) >= 11 is 0. The highest BCUT2D eigenvalue weighted by molar-refractivity contribution is 5.45. The molecule has 0 saturated carbocycles. The predicted octanol–water partition coefficient (Wildman–Crippen LogP) is 2.51. The van der Waals surface area contributed by atoms with Crippen LogP contribution in [0.1, 0.15) is 32.4 Å². The van der Waals surface area contributed by atoms with Crippen molar-refractivity contribution in [1.29, 1.82) is 0 Å². The number of rotatable bonds is 9. The smallest absolute Gasteiger partial charge is 0.231 e. The lowest BCUT2D eigenvalue weighted by atomic mass is 10.1. The van der Waals surface area contributed by atoms with Crippen LogP contribution < -0.4 is 14.8 Å². The molecule has 1 aromatic rings. The molecule has 1 aliphatic heterocycles. The Balaban J connectivity index is 1.86. The van der Waals surface area contributed by atoms with Gasteiger partial charge in [-0.3, -0.25) is 0 Å². The van der Waals surface area contributed by atoms with Crippen LogP contribution in [0.4, 0.5) is 0 Å². The van der Waals surface area contributed by atoms with Gasteiger partial charge in [-0.25, -0.2) is 0 Å². The third kappa shape index (κ3) is 4.88. The van der Waals surface area contributed by atoms with Gasteiger partial charge in [0.15, 0.2) is 11.5 Å². The van der Waals surface area contributed by atoms with Gasteiger partial charge in [-0.05, 0) is 38.1 Å². The molecule has 0 aliphatic carbocycles. The van der Waals surface area contributed by atoms with Gasteiger partial charge >= 0.3 is 0 Å². The number of hydrogen-bond donors (Lipinski definition) is 1. The summed E-state index contributed by atoms with van der Waals surface area (Å²) in [7, 11) is 0. The zero-order valence-corrected chi connectivity index (χ0v) is 13.1. The van der Waals surface area contributed by atoms with Crippen LogP contribution >= 0.6 is 0 Å². The quantitative estimate of drug-likeness (QED) is 0.709. The molecule has 1 unspecified atom stereocenters. The Morgan fingerprint density at radius 3 is 2.76 bits per heavy atom. The van der Waals surface area contributed by atoms with E-state index in [2.05, 4.69) is 18.3 Å². The second-order valence-corrected chi connectivity index (χ2v) is 5.22. The van der Waals surface area contributed by atoms with Crippen molar-refractivity contribution in [3.8, 4) is 11.5 Å². The molecule has 21 heavy (non-hydrogen) atoms. The Morgan fingerprint density at radius 2 is 2.00 bits per heavy atom. The zero-order chi connectivity index (χ0) is 15.1. The van der Waals surface area contributed by atoms with Crippen LogP contribution in [0.2, 0.25) is 0 Å². The largest absolute Gasteiger partial charge is 0.454 e. The monoisotopic (exact) mass is 295 g/mol. The Bertz CT molecular complexity index is 436. The van der Waals surface area contributed by atoms with Crippen molar-refractivity contribution in [2.45, 2.75) is 32.9 Å². The Morgan fingerprint density at radius 1 is 1.19 bits per heavy atom. The second-order valence-electron chi connectivity index (χ2n) is 5.22. The van der Waals surface area contributed by atoms with Crippen molar-refractivity contribution in [3.63, 3.8) is 0 Å². The van der Waals surface area contributed by atoms with E-state index in [1.807, 2.05) is 26.0 Å². The van der Waals surface area contributed by atoms with E-state index in [0.717, 1.165) is 23.6 Å². The van der Waals surface area contributed by atoms with E-state index in [1.54, 1.807) is 0 Å². The Labute approximate surface area is 126 Å². The van der Waals surface area contributed by atoms with E-state index in [0.29, 0.717) is 26.6 Å². The van der Waals surface area contributed by atoms with Gasteiger partial charge in [-0.2, -0.15) is 0 Å². The molecule has 0 spiro atoms. The summed E-state index contributed by atoms with van der Waals surface area (Å²) in [6, 6.07) is 6.16. The number of likely N-dealkylation sites (N-methyl/N-ethyl adjacent to an activating group) is 1. The highest BCUT2D eigenvalue weighted by Crippen LogP contribution is 2.34. The van der Waals surface area contributed by atoms with Crippen molar-refractivity contribution >= 4 is 0 Å². The molecule has 1 aliphatic rings. The summed E-state index contributed by atoms with van der Waals surface area (Å²) in [5.41, 5.74) is 1.14. The number of nitrogens with one attached hydrogen (secondary N) is 1. The number of benzene rings is 1. The molecular formula is C16H25NO4. The van der Waals surface area contributed by atoms with Crippen LogP contribution in [0.3, 0.4) is 0 Å². The van der Waals surface area contributed by atoms with Crippen molar-refractivity contribution in [3.05, 3.63) is 23.8 Å². The van der Waals surface area contributed by atoms with Gasteiger partial charge < -0.3 is 24.3 Å². The SMILES string of the molecule is CCNC(COCCOC(C)C)c1ccc2c(c1)OCO2. The minimum atomic E-state index is 0.142. The molecule has 2 rings (SSSR count). The number of fused-ring (bicyclic) bond motifs is 1. The molecule has 0 radical (unpaired) electrons. The van der Waals surface area contributed by atoms with E-state index < -0.39 is 0 Å². The van der Waals surface area contributed by atoms with Crippen LogP contribution in [-0.4, -0.2) is 39.3 Å². The molecule has 0 saturated heterocycles. The van der Waals surface area contributed by atoms with E-state index in [4.69, 9.17) is 18.9 Å². The van der Waals surface area contributed by atoms with Crippen LogP contribution in [0.25, 0.3) is 0 Å². The van der Waals surface area contributed by atoms with Gasteiger partial charge in [0.2, 0.25) is 6.79 Å². The Kier molecular flexibility index (Phi) is 6.29. The summed E-state index contributed by atoms with van der Waals surface area (Å²) in [5.74, 6) is 1.61. The first-order chi connectivity index (χ1) is 10.2. The minimum Gasteiger partial charge on any atom is -0.454 e. The first-order valence-corrected chi connectivity index (χ1v) is 7.53. The van der Waals surface area contributed by atoms with Crippen LogP contribution in [0, 0.1) is 0 Å². The predicted molar refractivity (Wildman–Crippen MR) is 80.9 cm³/mol. The highest BCUT2D eigenvalue weighted by atomic mass is 16.7. The van der Waals surface area contributed by atoms with E-state index in [1.165, 1.54) is 0 Å². The average molecular weight is 295 g/mol. The number of ether oxygens (including phenoxy) is 4. The van der Waals surface area contributed by atoms with Gasteiger partial charge in [-0.15, -0.1) is 0 Å². The maximum atomic E-state index is 5.71. The summed E-state index contributed by atoms with van der Waals surface area (Å²) in [4.78, 5) is 0. The molecule has 5 nitrogen and oxygen atoms in total. The van der Waals surface area contributed by atoms with Gasteiger partial charge in [0.1, 0.15) is 0 Å². The summed E-state index contributed by atoms with van der Waals surface area (Å²) < 4.78 is 21.9. The molecule has 1 N–H and O–H groups in total. The fourth-order valence-electron chi connectivity index (χ4n) is 2.19. The van der Waals surface area contributed by atoms with E-state index >= 15 is 0 Å². The standard InChI is InChI=1S/C16H25NO4/c1-4-17-14(10-18-7-8-19-12(2)3)13-5-6-15-16(9-13)21-11-20-15/h5-6,9,12,14,17H,4,7-8,10-11H2,1-3H3. The van der Waals surface area contributed by atoms with E-state index in [-0.39, 0.29) is 12.1 Å². The van der Waals surface area contributed by atoms with Gasteiger partial charge in [0.25, 0.3) is 0 Å². The first kappa shape index (κ1) is 16.1. The molecule has 1 atom stereocenters. The van der Waals surface area contributed by atoms with Crippen molar-refractivity contribution in [2.75, 3.05) is 33.2 Å². The molecule has 1 aromatic carbocycles. The summed E-state index contributed by atoms with van der Waals surface area (Å²) in [6.45, 7) is 9.14. The fourth-order valence-corrected chi connectivity index (χ4v) is 2.19. The number of hydrogen-bond acceptors (Lipinski definition) is 5. The van der Waals surface area contributed by atoms with Crippen LogP contribution in [0.15, 0.2) is 18.2 Å². The highest BCUT2D eigenvalue weighted by Gasteiger charge is 2.17. The Hall–Kier alpha value is -1.30. The lowest BCUT2D eigenvalue weighted by molar-refractivity contribution is 0.0138. The summed E-state index contributed by atoms with van der Waals surface area (Å²) in [5, 5.41) is 3.43. The van der Waals surface area contributed by atoms with Crippen molar-refractivity contribution in [1.82, 2.24) is 5.32 Å². The molecule has 0 bridgehead atoms. The topological polar surface area (TPSA) is 49.0 Å². The van der Waals surface area contributed by atoms with Gasteiger partial charge in [0.05, 0.1) is 32.0 Å². The lowest BCUT2D eigenvalue weighted by Crippen LogP contribution is -2.26. The molecule has 5 heteroatoms. The van der Waals surface area contributed by atoms with E-state index in [9.17, 15) is 0 Å². The second kappa shape index (κ2) is 8.22. The maximum Gasteiger partial charge on any atom is 0.231 e. The maximum absolute atomic E-state index is 5.71. The molecule has 118 valence electrons. The van der Waals surface area contributed by atoms with Gasteiger partial charge in [-0.1, -0.05) is 13.0 Å². The molecule has 0 aromatic heterocycles. The third-order valence-corrected chi connectivity index (χ3v) is 3.21. The van der Waals surface area contributed by atoms with Crippen molar-refractivity contribution < 1.29 is 18.9 Å². The zero-order valence-electron chi connectivity index (χ0n) is 13.1. The lowest BCUT2D eigenvalue weighted by Gasteiger charge is -2.19. The molecule has 0 fully saturated rings.